The van der Waals surface area contributed by atoms with Crippen molar-refractivity contribution in [2.75, 3.05) is 11.4 Å². The minimum atomic E-state index is -0.895. The van der Waals surface area contributed by atoms with Crippen LogP contribution in [0.15, 0.2) is 60.7 Å². The van der Waals surface area contributed by atoms with Crippen LogP contribution >= 0.6 is 0 Å². The van der Waals surface area contributed by atoms with E-state index in [1.807, 2.05) is 61.2 Å². The van der Waals surface area contributed by atoms with E-state index in [0.717, 1.165) is 89.9 Å². The average Bonchev–Trinajstić information content (AvgIpc) is 3.32. The first kappa shape index (κ1) is 30.0. The first-order valence-electron chi connectivity index (χ1n) is 15.2. The number of rotatable bonds is 14. The number of amides is 1. The summed E-state index contributed by atoms with van der Waals surface area (Å²) in [6, 6.07) is 20.1. The number of aryl methyl sites for hydroxylation is 2. The minimum Gasteiger partial charge on any atom is -0.478 e. The summed E-state index contributed by atoms with van der Waals surface area (Å²) in [6.45, 7) is 9.73. The molecule has 4 rings (SSSR count). The van der Waals surface area contributed by atoms with Crippen molar-refractivity contribution in [2.45, 2.75) is 85.6 Å². The van der Waals surface area contributed by atoms with E-state index in [4.69, 9.17) is 4.98 Å². The molecule has 0 radical (unpaired) electrons. The maximum atomic E-state index is 13.0. The molecule has 0 aliphatic rings. The molecule has 0 atom stereocenters. The van der Waals surface area contributed by atoms with Crippen LogP contribution in [0.5, 0.6) is 0 Å². The van der Waals surface area contributed by atoms with Gasteiger partial charge in [0.1, 0.15) is 5.82 Å². The number of carbonyl (C=O) groups is 2. The molecule has 0 fully saturated rings. The maximum absolute atomic E-state index is 13.0. The zero-order chi connectivity index (χ0) is 29.4. The summed E-state index contributed by atoms with van der Waals surface area (Å²) < 4.78 is 2.28. The van der Waals surface area contributed by atoms with Gasteiger partial charge in [-0.3, -0.25) is 4.79 Å². The zero-order valence-corrected chi connectivity index (χ0v) is 24.9. The molecule has 0 saturated carbocycles. The molecule has 1 N–H and O–H groups in total. The van der Waals surface area contributed by atoms with E-state index in [1.54, 1.807) is 0 Å². The van der Waals surface area contributed by atoms with Crippen LogP contribution in [-0.4, -0.2) is 33.1 Å². The van der Waals surface area contributed by atoms with E-state index in [9.17, 15) is 14.7 Å². The Balaban J connectivity index is 1.72. The number of anilines is 1. The first-order chi connectivity index (χ1) is 19.9. The molecule has 1 amide bonds. The molecule has 4 aromatic rings. The van der Waals surface area contributed by atoms with Crippen LogP contribution in [0, 0.1) is 0 Å². The number of hydrogen-bond donors (Lipinski definition) is 1. The summed E-state index contributed by atoms with van der Waals surface area (Å²) in [6.07, 6.45) is 7.06. The van der Waals surface area contributed by atoms with Gasteiger partial charge < -0.3 is 14.6 Å². The molecule has 0 aliphatic heterocycles. The highest BCUT2D eigenvalue weighted by atomic mass is 16.4. The predicted octanol–water partition coefficient (Wildman–Crippen LogP) is 8.29. The minimum absolute atomic E-state index is 0.168. The van der Waals surface area contributed by atoms with Crippen LogP contribution in [0.3, 0.4) is 0 Å². The number of nitrogens with zero attached hydrogens (tertiary/aromatic N) is 3. The van der Waals surface area contributed by atoms with Crippen LogP contribution in [0.1, 0.15) is 93.5 Å². The molecule has 6 nitrogen and oxygen atoms in total. The monoisotopic (exact) mass is 553 g/mol. The summed E-state index contributed by atoms with van der Waals surface area (Å²) in [5.41, 5.74) is 6.88. The van der Waals surface area contributed by atoms with E-state index in [-0.39, 0.29) is 5.91 Å². The second kappa shape index (κ2) is 14.1. The van der Waals surface area contributed by atoms with E-state index in [2.05, 4.69) is 36.6 Å². The second-order valence-corrected chi connectivity index (χ2v) is 10.7. The van der Waals surface area contributed by atoms with Gasteiger partial charge in [-0.05, 0) is 66.1 Å². The van der Waals surface area contributed by atoms with Crippen molar-refractivity contribution in [1.82, 2.24) is 9.55 Å². The summed E-state index contributed by atoms with van der Waals surface area (Å²) in [5.74, 6) is 0.320. The Morgan fingerprint density at radius 2 is 1.66 bits per heavy atom. The number of fused-ring (bicyclic) bond motifs is 1. The lowest BCUT2D eigenvalue weighted by molar-refractivity contribution is -0.118. The summed E-state index contributed by atoms with van der Waals surface area (Å²) in [7, 11) is 0. The SMILES string of the molecule is CCCCc1nc2ccc(N(CCCC)C(=O)CCC)cc2n1Cc1ccc(-c2cccc(CC)c2C(=O)O)cc1. The number of carboxylic acid groups (broad SMARTS) is 1. The number of benzene rings is 3. The Kier molecular flexibility index (Phi) is 10.3. The number of aromatic nitrogens is 2. The van der Waals surface area contributed by atoms with Gasteiger partial charge in [-0.15, -0.1) is 0 Å². The Hall–Kier alpha value is -3.93. The third-order valence-corrected chi connectivity index (χ3v) is 7.73. The van der Waals surface area contributed by atoms with Crippen molar-refractivity contribution in [3.8, 4) is 11.1 Å². The molecule has 0 saturated heterocycles. The Labute approximate surface area is 244 Å². The first-order valence-corrected chi connectivity index (χ1v) is 15.2. The highest BCUT2D eigenvalue weighted by molar-refractivity contribution is 5.98. The second-order valence-electron chi connectivity index (χ2n) is 10.7. The normalized spacial score (nSPS) is 11.2. The van der Waals surface area contributed by atoms with Crippen LogP contribution in [0.2, 0.25) is 0 Å². The Morgan fingerprint density at radius 3 is 2.32 bits per heavy atom. The smallest absolute Gasteiger partial charge is 0.336 e. The standard InChI is InChI=1S/C35H43N3O3/c1-5-9-15-32-36-30-21-20-28(37(22-10-6-2)33(39)12-7-3)23-31(30)38(32)24-25-16-18-27(19-17-25)29-14-11-13-26(8-4)34(29)35(40)41/h11,13-14,16-21,23H,5-10,12,15,22,24H2,1-4H3,(H,40,41). The van der Waals surface area contributed by atoms with Crippen LogP contribution in [-0.2, 0) is 24.2 Å². The van der Waals surface area contributed by atoms with Crippen molar-refractivity contribution in [2.24, 2.45) is 0 Å². The van der Waals surface area contributed by atoms with Gasteiger partial charge in [0.2, 0.25) is 5.91 Å². The molecular weight excluding hydrogens is 510 g/mol. The molecule has 0 spiro atoms. The van der Waals surface area contributed by atoms with Gasteiger partial charge >= 0.3 is 5.97 Å². The number of carbonyl (C=O) groups excluding carboxylic acids is 1. The topological polar surface area (TPSA) is 75.4 Å². The molecule has 0 unspecified atom stereocenters. The molecule has 1 heterocycles. The van der Waals surface area contributed by atoms with E-state index < -0.39 is 5.97 Å². The highest BCUT2D eigenvalue weighted by Gasteiger charge is 2.19. The number of carboxylic acids is 1. The third-order valence-electron chi connectivity index (χ3n) is 7.73. The number of imidazole rings is 1. The lowest BCUT2D eigenvalue weighted by Crippen LogP contribution is -2.31. The molecule has 0 aliphatic carbocycles. The van der Waals surface area contributed by atoms with Crippen LogP contribution in [0.25, 0.3) is 22.2 Å². The van der Waals surface area contributed by atoms with Crippen LogP contribution in [0.4, 0.5) is 5.69 Å². The maximum Gasteiger partial charge on any atom is 0.336 e. The average molecular weight is 554 g/mol. The molecular formula is C35H43N3O3. The van der Waals surface area contributed by atoms with Gasteiger partial charge in [-0.2, -0.15) is 0 Å². The molecule has 0 bridgehead atoms. The van der Waals surface area contributed by atoms with Gasteiger partial charge in [0.25, 0.3) is 0 Å². The summed E-state index contributed by atoms with van der Waals surface area (Å²) in [4.78, 5) is 32.0. The van der Waals surface area contributed by atoms with Gasteiger partial charge in [-0.1, -0.05) is 83.0 Å². The number of aromatic carboxylic acids is 1. The van der Waals surface area contributed by atoms with Crippen LogP contribution < -0.4 is 4.90 Å². The fourth-order valence-electron chi connectivity index (χ4n) is 5.45. The Morgan fingerprint density at radius 1 is 0.902 bits per heavy atom. The van der Waals surface area contributed by atoms with E-state index >= 15 is 0 Å². The van der Waals surface area contributed by atoms with E-state index in [1.165, 1.54) is 0 Å². The third kappa shape index (κ3) is 6.87. The molecule has 41 heavy (non-hydrogen) atoms. The van der Waals surface area contributed by atoms with Crippen molar-refractivity contribution in [3.63, 3.8) is 0 Å². The van der Waals surface area contributed by atoms with Crippen molar-refractivity contribution in [1.29, 1.82) is 0 Å². The predicted molar refractivity (Wildman–Crippen MR) is 168 cm³/mol. The zero-order valence-electron chi connectivity index (χ0n) is 24.9. The molecule has 3 aromatic carbocycles. The quantitative estimate of drug-likeness (QED) is 0.170. The van der Waals surface area contributed by atoms with Gasteiger partial charge in [-0.25, -0.2) is 9.78 Å². The molecule has 1 aromatic heterocycles. The lowest BCUT2D eigenvalue weighted by atomic mass is 9.94. The van der Waals surface area contributed by atoms with Crippen molar-refractivity contribution < 1.29 is 14.7 Å². The van der Waals surface area contributed by atoms with E-state index in [0.29, 0.717) is 24.9 Å². The lowest BCUT2D eigenvalue weighted by Gasteiger charge is -2.23. The molecule has 6 heteroatoms. The Bertz CT molecular complexity index is 1490. The number of hydrogen-bond acceptors (Lipinski definition) is 3. The largest absolute Gasteiger partial charge is 0.478 e. The number of unbranched alkanes of at least 4 members (excludes halogenated alkanes) is 2. The van der Waals surface area contributed by atoms with Gasteiger partial charge in [0, 0.05) is 31.6 Å². The molecule has 216 valence electrons. The van der Waals surface area contributed by atoms with Crippen molar-refractivity contribution in [3.05, 3.63) is 83.2 Å². The highest BCUT2D eigenvalue weighted by Crippen LogP contribution is 2.29. The summed E-state index contributed by atoms with van der Waals surface area (Å²) >= 11 is 0. The van der Waals surface area contributed by atoms with Gasteiger partial charge in [0.05, 0.1) is 16.6 Å². The van der Waals surface area contributed by atoms with Crippen molar-refractivity contribution >= 4 is 28.6 Å². The fraction of sp³-hybridized carbons (Fsp3) is 0.400. The summed E-state index contributed by atoms with van der Waals surface area (Å²) in [5, 5.41) is 9.91. The fourth-order valence-corrected chi connectivity index (χ4v) is 5.45. The van der Waals surface area contributed by atoms with Gasteiger partial charge in [0.15, 0.2) is 0 Å².